The number of hydrogen-bond acceptors (Lipinski definition) is 7. The normalized spacial score (nSPS) is 21.9. The second-order valence-electron chi connectivity index (χ2n) is 7.66. The average molecular weight is 413 g/mol. The lowest BCUT2D eigenvalue weighted by Gasteiger charge is -2.30. The van der Waals surface area contributed by atoms with Gasteiger partial charge in [-0.2, -0.15) is 4.31 Å². The molecule has 2 aliphatic rings. The first-order valence-corrected chi connectivity index (χ1v) is 11.0. The standard InChI is InChI=1S/C18H27N3O6S/c1-11(14-6-7-14)19-16(22)10-26-18(23)15-5-4-8-21(9-15)28(24,25)17-12(2)20-27-13(17)3/h11,14-15H,4-10H2,1-3H3,(H,19,22). The fourth-order valence-corrected chi connectivity index (χ4v) is 5.40. The lowest BCUT2D eigenvalue weighted by Crippen LogP contribution is -2.43. The van der Waals surface area contributed by atoms with E-state index < -0.39 is 21.9 Å². The number of ether oxygens (including phenoxy) is 1. The predicted molar refractivity (Wildman–Crippen MR) is 98.7 cm³/mol. The number of aryl methyl sites for hydroxylation is 2. The minimum atomic E-state index is -3.81. The maximum absolute atomic E-state index is 12.9. The molecule has 1 aromatic heterocycles. The van der Waals surface area contributed by atoms with E-state index in [0.29, 0.717) is 31.0 Å². The SMILES string of the molecule is Cc1noc(C)c1S(=O)(=O)N1CCCC(C(=O)OCC(=O)NC(C)C2CC2)C1. The van der Waals surface area contributed by atoms with Crippen LogP contribution >= 0.6 is 0 Å². The molecule has 1 aromatic rings. The number of nitrogens with one attached hydrogen (secondary N) is 1. The van der Waals surface area contributed by atoms with Crippen LogP contribution in [0.25, 0.3) is 0 Å². The zero-order valence-corrected chi connectivity index (χ0v) is 17.3. The minimum Gasteiger partial charge on any atom is -0.455 e. The Morgan fingerprint density at radius 2 is 2.04 bits per heavy atom. The minimum absolute atomic E-state index is 0.0192. The molecule has 2 atom stereocenters. The van der Waals surface area contributed by atoms with Crippen molar-refractivity contribution < 1.29 is 27.3 Å². The maximum atomic E-state index is 12.9. The highest BCUT2D eigenvalue weighted by atomic mass is 32.2. The molecule has 1 N–H and O–H groups in total. The summed E-state index contributed by atoms with van der Waals surface area (Å²) in [6.45, 7) is 5.05. The van der Waals surface area contributed by atoms with E-state index in [9.17, 15) is 18.0 Å². The Morgan fingerprint density at radius 1 is 1.32 bits per heavy atom. The Morgan fingerprint density at radius 3 is 2.64 bits per heavy atom. The van der Waals surface area contributed by atoms with Gasteiger partial charge >= 0.3 is 5.97 Å². The van der Waals surface area contributed by atoms with Gasteiger partial charge in [0.25, 0.3) is 5.91 Å². The molecular formula is C18H27N3O6S. The van der Waals surface area contributed by atoms with Crippen LogP contribution in [0.1, 0.15) is 44.1 Å². The molecule has 156 valence electrons. The number of aromatic nitrogens is 1. The summed E-state index contributed by atoms with van der Waals surface area (Å²) in [6, 6.07) is 0.0802. The van der Waals surface area contributed by atoms with Gasteiger partial charge in [0.2, 0.25) is 10.0 Å². The summed E-state index contributed by atoms with van der Waals surface area (Å²) in [5.41, 5.74) is 0.295. The highest BCUT2D eigenvalue weighted by molar-refractivity contribution is 7.89. The fraction of sp³-hybridized carbons (Fsp3) is 0.722. The van der Waals surface area contributed by atoms with Crippen LogP contribution in [-0.2, 0) is 24.3 Å². The highest BCUT2D eigenvalue weighted by Crippen LogP contribution is 2.32. The Bertz CT molecular complexity index is 826. The summed E-state index contributed by atoms with van der Waals surface area (Å²) in [6.07, 6.45) is 3.28. The molecule has 1 aliphatic heterocycles. The maximum Gasteiger partial charge on any atom is 0.310 e. The number of carbonyl (C=O) groups is 2. The summed E-state index contributed by atoms with van der Waals surface area (Å²) in [7, 11) is -3.81. The molecule has 1 saturated heterocycles. The number of sulfonamides is 1. The molecule has 2 heterocycles. The molecule has 2 fully saturated rings. The summed E-state index contributed by atoms with van der Waals surface area (Å²) < 4.78 is 37.2. The van der Waals surface area contributed by atoms with Crippen LogP contribution in [-0.4, -0.2) is 55.5 Å². The van der Waals surface area contributed by atoms with Crippen molar-refractivity contribution in [3.05, 3.63) is 11.5 Å². The van der Waals surface area contributed by atoms with Crippen molar-refractivity contribution in [2.45, 2.75) is 57.4 Å². The Labute approximate surface area is 164 Å². The molecule has 0 aromatic carbocycles. The number of esters is 1. The topological polar surface area (TPSA) is 119 Å². The summed E-state index contributed by atoms with van der Waals surface area (Å²) >= 11 is 0. The van der Waals surface area contributed by atoms with Gasteiger partial charge in [0, 0.05) is 19.1 Å². The van der Waals surface area contributed by atoms with E-state index in [1.807, 2.05) is 6.92 Å². The Balaban J connectivity index is 1.56. The third-order valence-corrected chi connectivity index (χ3v) is 7.46. The van der Waals surface area contributed by atoms with Crippen molar-refractivity contribution in [2.75, 3.05) is 19.7 Å². The molecular weight excluding hydrogens is 386 g/mol. The predicted octanol–water partition coefficient (Wildman–Crippen LogP) is 1.15. The quantitative estimate of drug-likeness (QED) is 0.666. The lowest BCUT2D eigenvalue weighted by molar-refractivity contribution is -0.153. The summed E-state index contributed by atoms with van der Waals surface area (Å²) in [4.78, 5) is 24.3. The number of piperidine rings is 1. The summed E-state index contributed by atoms with van der Waals surface area (Å²) in [5.74, 6) is -0.737. The van der Waals surface area contributed by atoms with E-state index in [-0.39, 0.29) is 35.8 Å². The summed E-state index contributed by atoms with van der Waals surface area (Å²) in [5, 5.41) is 6.53. The van der Waals surface area contributed by atoms with Crippen molar-refractivity contribution in [3.63, 3.8) is 0 Å². The second-order valence-corrected chi connectivity index (χ2v) is 9.53. The third kappa shape index (κ3) is 4.54. The van der Waals surface area contributed by atoms with Crippen LogP contribution in [0.4, 0.5) is 0 Å². The second kappa shape index (κ2) is 8.20. The van der Waals surface area contributed by atoms with Crippen LogP contribution in [0.2, 0.25) is 0 Å². The van der Waals surface area contributed by atoms with Crippen LogP contribution < -0.4 is 5.32 Å². The fourth-order valence-electron chi connectivity index (χ4n) is 3.59. The lowest BCUT2D eigenvalue weighted by atomic mass is 10.00. The molecule has 0 spiro atoms. The number of nitrogens with zero attached hydrogens (tertiary/aromatic N) is 2. The van der Waals surface area contributed by atoms with E-state index in [1.54, 1.807) is 13.8 Å². The van der Waals surface area contributed by atoms with Crippen molar-refractivity contribution in [3.8, 4) is 0 Å². The van der Waals surface area contributed by atoms with Crippen LogP contribution in [0.3, 0.4) is 0 Å². The van der Waals surface area contributed by atoms with Gasteiger partial charge in [-0.1, -0.05) is 5.16 Å². The van der Waals surface area contributed by atoms with Crippen LogP contribution in [0, 0.1) is 25.7 Å². The third-order valence-electron chi connectivity index (χ3n) is 5.35. The van der Waals surface area contributed by atoms with E-state index >= 15 is 0 Å². The van der Waals surface area contributed by atoms with Gasteiger partial charge in [0.1, 0.15) is 10.6 Å². The molecule has 1 aliphatic carbocycles. The zero-order chi connectivity index (χ0) is 20.5. The van der Waals surface area contributed by atoms with Gasteiger partial charge in [-0.25, -0.2) is 8.42 Å². The van der Waals surface area contributed by atoms with E-state index in [4.69, 9.17) is 9.26 Å². The molecule has 1 saturated carbocycles. The number of hydrogen-bond donors (Lipinski definition) is 1. The first kappa shape index (κ1) is 20.8. The molecule has 9 nitrogen and oxygen atoms in total. The Kier molecular flexibility index (Phi) is 6.09. The molecule has 10 heteroatoms. The van der Waals surface area contributed by atoms with Gasteiger partial charge in [-0.3, -0.25) is 9.59 Å². The largest absolute Gasteiger partial charge is 0.455 e. The molecule has 0 radical (unpaired) electrons. The van der Waals surface area contributed by atoms with E-state index in [1.165, 1.54) is 4.31 Å². The average Bonchev–Trinajstić information content (AvgIpc) is 3.44. The van der Waals surface area contributed by atoms with Gasteiger partial charge in [-0.15, -0.1) is 0 Å². The number of carbonyl (C=O) groups excluding carboxylic acids is 2. The van der Waals surface area contributed by atoms with Crippen molar-refractivity contribution >= 4 is 21.9 Å². The van der Waals surface area contributed by atoms with Crippen LogP contribution in [0.5, 0.6) is 0 Å². The van der Waals surface area contributed by atoms with Crippen molar-refractivity contribution in [1.29, 1.82) is 0 Å². The van der Waals surface area contributed by atoms with Crippen molar-refractivity contribution in [1.82, 2.24) is 14.8 Å². The van der Waals surface area contributed by atoms with E-state index in [0.717, 1.165) is 12.8 Å². The number of rotatable bonds is 7. The zero-order valence-electron chi connectivity index (χ0n) is 16.4. The molecule has 2 unspecified atom stereocenters. The first-order valence-electron chi connectivity index (χ1n) is 9.59. The van der Waals surface area contributed by atoms with Crippen molar-refractivity contribution in [2.24, 2.45) is 11.8 Å². The number of amides is 1. The highest BCUT2D eigenvalue weighted by Gasteiger charge is 2.37. The van der Waals surface area contributed by atoms with Gasteiger partial charge in [0.15, 0.2) is 12.4 Å². The van der Waals surface area contributed by atoms with Gasteiger partial charge in [-0.05, 0) is 52.4 Å². The molecule has 0 bridgehead atoms. The molecule has 28 heavy (non-hydrogen) atoms. The van der Waals surface area contributed by atoms with Crippen LogP contribution in [0.15, 0.2) is 9.42 Å². The monoisotopic (exact) mass is 413 g/mol. The molecule has 1 amide bonds. The van der Waals surface area contributed by atoms with Gasteiger partial charge < -0.3 is 14.6 Å². The smallest absolute Gasteiger partial charge is 0.310 e. The first-order chi connectivity index (χ1) is 13.2. The van der Waals surface area contributed by atoms with E-state index in [2.05, 4.69) is 10.5 Å². The Hall–Kier alpha value is -1.94. The van der Waals surface area contributed by atoms with Gasteiger partial charge in [0.05, 0.1) is 5.92 Å². The molecule has 3 rings (SSSR count).